The molecule has 6 heteroatoms. The molecule has 1 aliphatic rings. The third kappa shape index (κ3) is 3.73. The fourth-order valence-corrected chi connectivity index (χ4v) is 2.85. The van der Waals surface area contributed by atoms with Crippen molar-refractivity contribution in [2.75, 3.05) is 0 Å². The van der Waals surface area contributed by atoms with Crippen molar-refractivity contribution in [1.29, 1.82) is 0 Å². The Morgan fingerprint density at radius 2 is 1.71 bits per heavy atom. The molecule has 2 aromatic carbocycles. The van der Waals surface area contributed by atoms with Crippen LogP contribution >= 0.6 is 11.6 Å². The summed E-state index contributed by atoms with van der Waals surface area (Å²) in [6.45, 7) is 0. The number of rotatable bonds is 4. The second-order valence-electron chi connectivity index (χ2n) is 5.88. The van der Waals surface area contributed by atoms with E-state index < -0.39 is 17.6 Å². The summed E-state index contributed by atoms with van der Waals surface area (Å²) in [5.41, 5.74) is -0.433. The standard InChI is InChI=1S/C18H15ClF3NO/c19-13-9-7-12(8-10-13)16(11-5-6-11)23-17(24)14-3-1-2-4-15(14)18(20,21)22/h1-4,7-11,16H,5-6H2,(H,23,24)/t16-/m0/s1. The zero-order valence-corrected chi connectivity index (χ0v) is 13.4. The molecule has 2 nitrogen and oxygen atoms in total. The van der Waals surface area contributed by atoms with Crippen LogP contribution in [0.5, 0.6) is 0 Å². The number of carbonyl (C=O) groups is 1. The van der Waals surface area contributed by atoms with Gasteiger partial charge in [-0.2, -0.15) is 13.2 Å². The molecule has 3 rings (SSSR count). The third-order valence-electron chi connectivity index (χ3n) is 4.09. The number of amides is 1. The third-order valence-corrected chi connectivity index (χ3v) is 4.34. The lowest BCUT2D eigenvalue weighted by atomic mass is 10.0. The predicted octanol–water partition coefficient (Wildman–Crippen LogP) is 5.24. The summed E-state index contributed by atoms with van der Waals surface area (Å²) in [6, 6.07) is 11.5. The topological polar surface area (TPSA) is 29.1 Å². The Bertz CT molecular complexity index is 739. The van der Waals surface area contributed by atoms with Crippen molar-refractivity contribution in [3.05, 3.63) is 70.2 Å². The van der Waals surface area contributed by atoms with Crippen molar-refractivity contribution in [2.24, 2.45) is 5.92 Å². The number of halogens is 4. The van der Waals surface area contributed by atoms with Gasteiger partial charge in [-0.1, -0.05) is 35.9 Å². The van der Waals surface area contributed by atoms with Crippen LogP contribution in [0, 0.1) is 5.92 Å². The lowest BCUT2D eigenvalue weighted by Gasteiger charge is -2.20. The number of alkyl halides is 3. The summed E-state index contributed by atoms with van der Waals surface area (Å²) in [6.07, 6.45) is -2.69. The van der Waals surface area contributed by atoms with Gasteiger partial charge in [-0.15, -0.1) is 0 Å². The first-order valence-corrected chi connectivity index (χ1v) is 7.96. The number of hydrogen-bond acceptors (Lipinski definition) is 1. The molecular weight excluding hydrogens is 339 g/mol. The Hall–Kier alpha value is -2.01. The molecule has 1 atom stereocenters. The second kappa shape index (κ2) is 6.48. The van der Waals surface area contributed by atoms with Crippen LogP contribution in [-0.2, 0) is 6.18 Å². The highest BCUT2D eigenvalue weighted by Crippen LogP contribution is 2.41. The average molecular weight is 354 g/mol. The largest absolute Gasteiger partial charge is 0.417 e. The van der Waals surface area contributed by atoms with Gasteiger partial charge in [-0.05, 0) is 48.6 Å². The van der Waals surface area contributed by atoms with Gasteiger partial charge in [-0.3, -0.25) is 4.79 Å². The van der Waals surface area contributed by atoms with Gasteiger partial charge in [0.1, 0.15) is 0 Å². The molecule has 0 saturated heterocycles. The van der Waals surface area contributed by atoms with Crippen molar-refractivity contribution in [3.63, 3.8) is 0 Å². The van der Waals surface area contributed by atoms with Crippen LogP contribution < -0.4 is 5.32 Å². The van der Waals surface area contributed by atoms with Crippen LogP contribution in [0.25, 0.3) is 0 Å². The quantitative estimate of drug-likeness (QED) is 0.800. The maximum atomic E-state index is 13.1. The maximum absolute atomic E-state index is 13.1. The highest BCUT2D eigenvalue weighted by Gasteiger charge is 2.37. The summed E-state index contributed by atoms with van der Waals surface area (Å²) < 4.78 is 39.3. The smallest absolute Gasteiger partial charge is 0.345 e. The first-order chi connectivity index (χ1) is 11.4. The van der Waals surface area contributed by atoms with E-state index in [1.54, 1.807) is 24.3 Å². The van der Waals surface area contributed by atoms with Crippen LogP contribution in [0.4, 0.5) is 13.2 Å². The van der Waals surface area contributed by atoms with E-state index in [4.69, 9.17) is 11.6 Å². The van der Waals surface area contributed by atoms with Crippen molar-refractivity contribution < 1.29 is 18.0 Å². The van der Waals surface area contributed by atoms with E-state index >= 15 is 0 Å². The van der Waals surface area contributed by atoms with Crippen molar-refractivity contribution >= 4 is 17.5 Å². The number of hydrogen-bond donors (Lipinski definition) is 1. The Morgan fingerprint density at radius 1 is 1.08 bits per heavy atom. The van der Waals surface area contributed by atoms with Gasteiger partial charge in [0.2, 0.25) is 0 Å². The minimum absolute atomic E-state index is 0.244. The minimum atomic E-state index is -4.57. The molecule has 126 valence electrons. The molecule has 2 aromatic rings. The molecule has 0 radical (unpaired) electrons. The van der Waals surface area contributed by atoms with E-state index in [2.05, 4.69) is 5.32 Å². The number of nitrogens with one attached hydrogen (secondary N) is 1. The SMILES string of the molecule is O=C(N[C@H](c1ccc(Cl)cc1)C1CC1)c1ccccc1C(F)(F)F. The lowest BCUT2D eigenvalue weighted by molar-refractivity contribution is -0.137. The van der Waals surface area contributed by atoms with Gasteiger partial charge in [-0.25, -0.2) is 0 Å². The van der Waals surface area contributed by atoms with Gasteiger partial charge in [0.25, 0.3) is 5.91 Å². The average Bonchev–Trinajstić information content (AvgIpc) is 3.37. The molecule has 1 amide bonds. The van der Waals surface area contributed by atoms with E-state index in [0.29, 0.717) is 5.02 Å². The van der Waals surface area contributed by atoms with E-state index in [0.717, 1.165) is 24.5 Å². The molecule has 1 fully saturated rings. The van der Waals surface area contributed by atoms with E-state index in [1.807, 2.05) is 0 Å². The first kappa shape index (κ1) is 16.8. The van der Waals surface area contributed by atoms with Gasteiger partial charge < -0.3 is 5.32 Å². The summed E-state index contributed by atoms with van der Waals surface area (Å²) in [4.78, 5) is 12.5. The lowest BCUT2D eigenvalue weighted by Crippen LogP contribution is -2.31. The van der Waals surface area contributed by atoms with Gasteiger partial charge in [0.05, 0.1) is 17.2 Å². The molecular formula is C18H15ClF3NO. The molecule has 0 heterocycles. The first-order valence-electron chi connectivity index (χ1n) is 7.59. The Balaban J connectivity index is 1.86. The summed E-state index contributed by atoms with van der Waals surface area (Å²) in [5, 5.41) is 3.33. The van der Waals surface area contributed by atoms with Gasteiger partial charge >= 0.3 is 6.18 Å². The monoisotopic (exact) mass is 353 g/mol. The summed E-state index contributed by atoms with van der Waals surface area (Å²) >= 11 is 5.87. The molecule has 0 aromatic heterocycles. The molecule has 1 aliphatic carbocycles. The molecule has 1 N–H and O–H groups in total. The number of carbonyl (C=O) groups excluding carboxylic acids is 1. The van der Waals surface area contributed by atoms with Crippen LogP contribution in [0.3, 0.4) is 0 Å². The second-order valence-corrected chi connectivity index (χ2v) is 6.32. The molecule has 24 heavy (non-hydrogen) atoms. The molecule has 0 bridgehead atoms. The fourth-order valence-electron chi connectivity index (χ4n) is 2.72. The fraction of sp³-hybridized carbons (Fsp3) is 0.278. The number of benzene rings is 2. The Morgan fingerprint density at radius 3 is 2.29 bits per heavy atom. The highest BCUT2D eigenvalue weighted by molar-refractivity contribution is 6.30. The van der Waals surface area contributed by atoms with E-state index in [-0.39, 0.29) is 17.5 Å². The summed E-state index contributed by atoms with van der Waals surface area (Å²) in [5.74, 6) is -0.469. The minimum Gasteiger partial charge on any atom is -0.345 e. The zero-order valence-electron chi connectivity index (χ0n) is 12.6. The van der Waals surface area contributed by atoms with E-state index in [1.165, 1.54) is 18.2 Å². The van der Waals surface area contributed by atoms with Gasteiger partial charge in [0, 0.05) is 5.02 Å². The zero-order chi connectivity index (χ0) is 17.3. The van der Waals surface area contributed by atoms with Gasteiger partial charge in [0.15, 0.2) is 0 Å². The summed E-state index contributed by atoms with van der Waals surface area (Å²) in [7, 11) is 0. The molecule has 0 unspecified atom stereocenters. The van der Waals surface area contributed by atoms with Crippen LogP contribution in [0.15, 0.2) is 48.5 Å². The molecule has 1 saturated carbocycles. The van der Waals surface area contributed by atoms with Crippen molar-refractivity contribution in [3.8, 4) is 0 Å². The van der Waals surface area contributed by atoms with Crippen LogP contribution in [0.1, 0.15) is 40.4 Å². The Kier molecular flexibility index (Phi) is 4.54. The molecule has 0 aliphatic heterocycles. The Labute approximate surface area is 142 Å². The highest BCUT2D eigenvalue weighted by atomic mass is 35.5. The van der Waals surface area contributed by atoms with Crippen molar-refractivity contribution in [1.82, 2.24) is 5.32 Å². The normalized spacial score (nSPS) is 15.8. The van der Waals surface area contributed by atoms with E-state index in [9.17, 15) is 18.0 Å². The molecule has 0 spiro atoms. The van der Waals surface area contributed by atoms with Crippen LogP contribution in [0.2, 0.25) is 5.02 Å². The van der Waals surface area contributed by atoms with Crippen molar-refractivity contribution in [2.45, 2.75) is 25.1 Å². The maximum Gasteiger partial charge on any atom is 0.417 e. The predicted molar refractivity (Wildman–Crippen MR) is 85.8 cm³/mol. The van der Waals surface area contributed by atoms with Crippen LogP contribution in [-0.4, -0.2) is 5.91 Å².